The molecule has 1 amide bonds. The molecule has 23 heavy (non-hydrogen) atoms. The number of rotatable bonds is 6. The Morgan fingerprint density at radius 1 is 1.30 bits per heavy atom. The van der Waals surface area contributed by atoms with Crippen LogP contribution in [0.15, 0.2) is 24.3 Å². The van der Waals surface area contributed by atoms with Crippen molar-refractivity contribution in [2.75, 3.05) is 26.2 Å². The summed E-state index contributed by atoms with van der Waals surface area (Å²) in [7, 11) is 0. The van der Waals surface area contributed by atoms with Crippen LogP contribution in [-0.4, -0.2) is 48.1 Å². The van der Waals surface area contributed by atoms with Gasteiger partial charge in [-0.25, -0.2) is 0 Å². The van der Waals surface area contributed by atoms with E-state index in [9.17, 15) is 9.59 Å². The van der Waals surface area contributed by atoms with Gasteiger partial charge in [-0.2, -0.15) is 0 Å². The van der Waals surface area contributed by atoms with E-state index in [1.54, 1.807) is 0 Å². The summed E-state index contributed by atoms with van der Waals surface area (Å²) in [5, 5.41) is 12.7. The molecule has 1 aromatic carbocycles. The highest BCUT2D eigenvalue weighted by Gasteiger charge is 2.30. The molecular weight excluding hydrogens is 316 g/mol. The minimum Gasteiger partial charge on any atom is -0.481 e. The maximum absolute atomic E-state index is 12.0. The molecule has 1 fully saturated rings. The van der Waals surface area contributed by atoms with Crippen LogP contribution in [0, 0.1) is 11.8 Å². The maximum atomic E-state index is 12.0. The van der Waals surface area contributed by atoms with Crippen LogP contribution in [0.5, 0.6) is 0 Å². The van der Waals surface area contributed by atoms with Crippen LogP contribution in [0.1, 0.15) is 18.9 Å². The monoisotopic (exact) mass is 338 g/mol. The van der Waals surface area contributed by atoms with E-state index in [-0.39, 0.29) is 18.4 Å². The van der Waals surface area contributed by atoms with E-state index in [1.807, 2.05) is 36.1 Å². The molecule has 0 aromatic heterocycles. The second-order valence-electron chi connectivity index (χ2n) is 6.30. The fraction of sp³-hybridized carbons (Fsp3) is 0.529. The molecule has 0 aliphatic carbocycles. The number of benzene rings is 1. The lowest BCUT2D eigenvalue weighted by molar-refractivity contribution is -0.145. The van der Waals surface area contributed by atoms with Gasteiger partial charge in [-0.1, -0.05) is 30.7 Å². The predicted molar refractivity (Wildman–Crippen MR) is 89.5 cm³/mol. The van der Waals surface area contributed by atoms with Gasteiger partial charge in [0, 0.05) is 24.7 Å². The number of hydrogen-bond donors (Lipinski definition) is 2. The summed E-state index contributed by atoms with van der Waals surface area (Å²) in [6.45, 7) is 4.07. The third-order valence-electron chi connectivity index (χ3n) is 4.10. The van der Waals surface area contributed by atoms with Crippen molar-refractivity contribution >= 4 is 23.5 Å². The van der Waals surface area contributed by atoms with Crippen LogP contribution < -0.4 is 5.32 Å². The second-order valence-corrected chi connectivity index (χ2v) is 6.73. The number of carboxylic acid groups (broad SMARTS) is 1. The molecule has 1 saturated heterocycles. The maximum Gasteiger partial charge on any atom is 0.307 e. The largest absolute Gasteiger partial charge is 0.481 e. The molecule has 0 bridgehead atoms. The molecular formula is C17H23ClN2O3. The van der Waals surface area contributed by atoms with Crippen LogP contribution >= 0.6 is 11.6 Å². The van der Waals surface area contributed by atoms with E-state index in [0.717, 1.165) is 18.5 Å². The first kappa shape index (κ1) is 17.8. The summed E-state index contributed by atoms with van der Waals surface area (Å²) < 4.78 is 0. The number of carbonyl (C=O) groups excluding carboxylic acids is 1. The zero-order valence-corrected chi connectivity index (χ0v) is 14.1. The number of carboxylic acids is 1. The molecule has 1 heterocycles. The van der Waals surface area contributed by atoms with Gasteiger partial charge >= 0.3 is 5.97 Å². The lowest BCUT2D eigenvalue weighted by atomic mass is 9.90. The SMILES string of the molecule is CC1CC(C(=O)O)CN(CC(=O)NCCc2ccc(Cl)cc2)C1. The Labute approximate surface area is 141 Å². The van der Waals surface area contributed by atoms with E-state index in [4.69, 9.17) is 16.7 Å². The van der Waals surface area contributed by atoms with Gasteiger partial charge < -0.3 is 10.4 Å². The van der Waals surface area contributed by atoms with Crippen LogP contribution in [0.4, 0.5) is 0 Å². The lowest BCUT2D eigenvalue weighted by Crippen LogP contribution is -2.47. The van der Waals surface area contributed by atoms with Crippen molar-refractivity contribution in [2.24, 2.45) is 11.8 Å². The molecule has 0 saturated carbocycles. The fourth-order valence-electron chi connectivity index (χ4n) is 3.03. The number of halogens is 1. The molecule has 0 radical (unpaired) electrons. The third-order valence-corrected chi connectivity index (χ3v) is 4.35. The van der Waals surface area contributed by atoms with Crippen molar-refractivity contribution in [1.29, 1.82) is 0 Å². The Balaban J connectivity index is 1.73. The van der Waals surface area contributed by atoms with Gasteiger partial charge in [-0.3, -0.25) is 14.5 Å². The van der Waals surface area contributed by atoms with E-state index < -0.39 is 5.97 Å². The standard InChI is InChI=1S/C17H23ClN2O3/c1-12-8-14(17(22)23)10-20(9-12)11-16(21)19-7-6-13-2-4-15(18)5-3-13/h2-5,12,14H,6-11H2,1H3,(H,19,21)(H,22,23). The van der Waals surface area contributed by atoms with E-state index in [1.165, 1.54) is 0 Å². The number of carbonyl (C=O) groups is 2. The van der Waals surface area contributed by atoms with Gasteiger partial charge in [0.1, 0.15) is 0 Å². The Bertz CT molecular complexity index is 547. The van der Waals surface area contributed by atoms with Gasteiger partial charge in [0.2, 0.25) is 5.91 Å². The molecule has 2 rings (SSSR count). The summed E-state index contributed by atoms with van der Waals surface area (Å²) in [4.78, 5) is 25.1. The molecule has 2 atom stereocenters. The number of nitrogens with zero attached hydrogens (tertiary/aromatic N) is 1. The van der Waals surface area contributed by atoms with Crippen LogP contribution in [0.2, 0.25) is 5.02 Å². The number of aliphatic carboxylic acids is 1. The van der Waals surface area contributed by atoms with Crippen molar-refractivity contribution in [3.05, 3.63) is 34.9 Å². The Kier molecular flexibility index (Phi) is 6.42. The molecule has 126 valence electrons. The fourth-order valence-corrected chi connectivity index (χ4v) is 3.15. The van der Waals surface area contributed by atoms with Crippen LogP contribution in [0.25, 0.3) is 0 Å². The number of likely N-dealkylation sites (tertiary alicyclic amines) is 1. The number of piperidine rings is 1. The molecule has 0 spiro atoms. The zero-order chi connectivity index (χ0) is 16.8. The third kappa shape index (κ3) is 5.84. The highest BCUT2D eigenvalue weighted by atomic mass is 35.5. The summed E-state index contributed by atoms with van der Waals surface area (Å²) in [5.41, 5.74) is 1.12. The number of amides is 1. The molecule has 2 unspecified atom stereocenters. The van der Waals surface area contributed by atoms with Crippen molar-refractivity contribution in [3.8, 4) is 0 Å². The van der Waals surface area contributed by atoms with Crippen molar-refractivity contribution in [1.82, 2.24) is 10.2 Å². The quantitative estimate of drug-likeness (QED) is 0.832. The second kappa shape index (κ2) is 8.31. The zero-order valence-electron chi connectivity index (χ0n) is 13.3. The molecule has 5 nitrogen and oxygen atoms in total. The molecule has 1 aliphatic heterocycles. The van der Waals surface area contributed by atoms with E-state index >= 15 is 0 Å². The Morgan fingerprint density at radius 2 is 2.00 bits per heavy atom. The highest BCUT2D eigenvalue weighted by Crippen LogP contribution is 2.21. The van der Waals surface area contributed by atoms with E-state index in [0.29, 0.717) is 30.5 Å². The normalized spacial score (nSPS) is 21.8. The Morgan fingerprint density at radius 3 is 2.65 bits per heavy atom. The van der Waals surface area contributed by atoms with Gasteiger partial charge in [-0.05, 0) is 36.5 Å². The summed E-state index contributed by atoms with van der Waals surface area (Å²) in [6, 6.07) is 7.55. The lowest BCUT2D eigenvalue weighted by Gasteiger charge is -2.34. The van der Waals surface area contributed by atoms with Crippen molar-refractivity contribution in [2.45, 2.75) is 19.8 Å². The first-order valence-corrected chi connectivity index (χ1v) is 8.28. The first-order chi connectivity index (χ1) is 10.9. The summed E-state index contributed by atoms with van der Waals surface area (Å²) in [6.07, 6.45) is 1.43. The van der Waals surface area contributed by atoms with Crippen LogP contribution in [-0.2, 0) is 16.0 Å². The van der Waals surface area contributed by atoms with Crippen LogP contribution in [0.3, 0.4) is 0 Å². The van der Waals surface area contributed by atoms with Gasteiger partial charge in [0.05, 0.1) is 12.5 Å². The molecule has 1 aromatic rings. The first-order valence-electron chi connectivity index (χ1n) is 7.90. The van der Waals surface area contributed by atoms with Crippen molar-refractivity contribution < 1.29 is 14.7 Å². The summed E-state index contributed by atoms with van der Waals surface area (Å²) in [5.74, 6) is -0.908. The number of nitrogens with one attached hydrogen (secondary N) is 1. The number of hydrogen-bond acceptors (Lipinski definition) is 3. The predicted octanol–water partition coefficient (Wildman–Crippen LogP) is 2.04. The Hall–Kier alpha value is -1.59. The highest BCUT2D eigenvalue weighted by molar-refractivity contribution is 6.30. The average Bonchev–Trinajstić information content (AvgIpc) is 2.48. The van der Waals surface area contributed by atoms with Gasteiger partial charge in [-0.15, -0.1) is 0 Å². The summed E-state index contributed by atoms with van der Waals surface area (Å²) >= 11 is 5.83. The average molecular weight is 339 g/mol. The minimum atomic E-state index is -0.773. The van der Waals surface area contributed by atoms with Crippen molar-refractivity contribution in [3.63, 3.8) is 0 Å². The van der Waals surface area contributed by atoms with E-state index in [2.05, 4.69) is 5.32 Å². The van der Waals surface area contributed by atoms with Gasteiger partial charge in [0.15, 0.2) is 0 Å². The molecule has 1 aliphatic rings. The molecule has 6 heteroatoms. The smallest absolute Gasteiger partial charge is 0.307 e. The molecule has 2 N–H and O–H groups in total. The minimum absolute atomic E-state index is 0.0581. The van der Waals surface area contributed by atoms with Gasteiger partial charge in [0.25, 0.3) is 0 Å². The topological polar surface area (TPSA) is 69.6 Å².